The Kier molecular flexibility index (Phi) is 17.1. The monoisotopic (exact) mass is 190 g/mol. The second kappa shape index (κ2) is 11.3. The summed E-state index contributed by atoms with van der Waals surface area (Å²) >= 11 is 3.30. The smallest absolute Gasteiger partial charge is 1.00 e. The van der Waals surface area contributed by atoms with Gasteiger partial charge in [-0.2, -0.15) is 0 Å². The maximum absolute atomic E-state index is 8.28. The molecular weight excluding hydrogens is 179 g/mol. The topological polar surface area (TPSA) is 20.2 Å². The number of halogens is 1. The standard InChI is InChI=1S/C5H11BrO.Na.H/c6-4-2-1-3-5-7;;/h7H,1-5H2;;/q;+1;-1. The summed E-state index contributed by atoms with van der Waals surface area (Å²) in [5, 5.41) is 9.34. The molecule has 0 aromatic heterocycles. The van der Waals surface area contributed by atoms with Gasteiger partial charge < -0.3 is 6.53 Å². The molecule has 1 N–H and O–H groups in total. The van der Waals surface area contributed by atoms with Gasteiger partial charge in [-0.15, -0.1) is 0 Å². The third kappa shape index (κ3) is 10.4. The Labute approximate surface area is 82.8 Å². The molecule has 0 bridgehead atoms. The van der Waals surface area contributed by atoms with Crippen LogP contribution in [0.4, 0.5) is 0 Å². The zero-order valence-corrected chi connectivity index (χ0v) is 8.95. The maximum atomic E-state index is 8.28. The minimum atomic E-state index is 0. The van der Waals surface area contributed by atoms with E-state index in [1.54, 1.807) is 0 Å². The summed E-state index contributed by atoms with van der Waals surface area (Å²) in [5.41, 5.74) is 0. The molecular formula is C5H12BrNaO. The van der Waals surface area contributed by atoms with Gasteiger partial charge in [-0.3, -0.25) is 0 Å². The molecule has 0 unspecified atom stereocenters. The summed E-state index contributed by atoms with van der Waals surface area (Å²) in [7, 11) is 0. The van der Waals surface area contributed by atoms with Crippen LogP contribution in [-0.2, 0) is 0 Å². The van der Waals surface area contributed by atoms with E-state index in [2.05, 4.69) is 15.9 Å². The summed E-state index contributed by atoms with van der Waals surface area (Å²) in [6, 6.07) is 0. The minimum Gasteiger partial charge on any atom is -1.00 e. The van der Waals surface area contributed by atoms with Crippen LogP contribution in [0.1, 0.15) is 20.7 Å². The van der Waals surface area contributed by atoms with Crippen molar-refractivity contribution in [3.05, 3.63) is 0 Å². The normalized spacial score (nSPS) is 8.25. The van der Waals surface area contributed by atoms with E-state index in [1.165, 1.54) is 6.42 Å². The van der Waals surface area contributed by atoms with Gasteiger partial charge in [0, 0.05) is 11.9 Å². The average molecular weight is 191 g/mol. The van der Waals surface area contributed by atoms with Crippen molar-refractivity contribution in [1.29, 1.82) is 0 Å². The predicted molar refractivity (Wildman–Crippen MR) is 35.8 cm³/mol. The van der Waals surface area contributed by atoms with E-state index in [-0.39, 0.29) is 31.0 Å². The van der Waals surface area contributed by atoms with Crippen LogP contribution in [0.2, 0.25) is 0 Å². The number of rotatable bonds is 4. The second-order valence-electron chi connectivity index (χ2n) is 1.47. The quantitative estimate of drug-likeness (QED) is 0.331. The number of alkyl halides is 1. The number of unbranched alkanes of at least 4 members (excludes halogenated alkanes) is 2. The van der Waals surface area contributed by atoms with Gasteiger partial charge >= 0.3 is 29.6 Å². The van der Waals surface area contributed by atoms with Gasteiger partial charge in [0.05, 0.1) is 0 Å². The van der Waals surface area contributed by atoms with Crippen LogP contribution in [-0.4, -0.2) is 17.0 Å². The van der Waals surface area contributed by atoms with Crippen molar-refractivity contribution >= 4 is 15.9 Å². The van der Waals surface area contributed by atoms with E-state index in [0.717, 1.165) is 18.2 Å². The van der Waals surface area contributed by atoms with Crippen molar-refractivity contribution in [3.8, 4) is 0 Å². The van der Waals surface area contributed by atoms with E-state index in [9.17, 15) is 0 Å². The first-order valence-corrected chi connectivity index (χ1v) is 3.70. The fraction of sp³-hybridized carbons (Fsp3) is 1.00. The van der Waals surface area contributed by atoms with Crippen LogP contribution in [0.15, 0.2) is 0 Å². The molecule has 0 aromatic rings. The average Bonchev–Trinajstić information content (AvgIpc) is 1.69. The molecule has 0 aliphatic heterocycles. The molecule has 0 fully saturated rings. The molecule has 0 radical (unpaired) electrons. The Morgan fingerprint density at radius 3 is 2.25 bits per heavy atom. The zero-order valence-electron chi connectivity index (χ0n) is 6.36. The molecule has 0 aliphatic rings. The fourth-order valence-corrected chi connectivity index (χ4v) is 0.780. The molecule has 0 spiro atoms. The SMILES string of the molecule is OCCCCCBr.[H-].[Na+]. The van der Waals surface area contributed by atoms with Gasteiger partial charge in [0.15, 0.2) is 0 Å². The van der Waals surface area contributed by atoms with Crippen LogP contribution in [0.25, 0.3) is 0 Å². The zero-order chi connectivity index (χ0) is 5.54. The van der Waals surface area contributed by atoms with Gasteiger partial charge in [-0.25, -0.2) is 0 Å². The minimum absolute atomic E-state index is 0. The molecule has 1 nitrogen and oxygen atoms in total. The Morgan fingerprint density at radius 2 is 1.88 bits per heavy atom. The maximum Gasteiger partial charge on any atom is 1.00 e. The molecule has 0 heterocycles. The first-order valence-electron chi connectivity index (χ1n) is 2.58. The number of hydrogen-bond donors (Lipinski definition) is 1. The van der Waals surface area contributed by atoms with Crippen molar-refractivity contribution in [3.63, 3.8) is 0 Å². The molecule has 0 atom stereocenters. The summed E-state index contributed by atoms with van der Waals surface area (Å²) in [4.78, 5) is 0. The fourth-order valence-electron chi connectivity index (χ4n) is 0.383. The van der Waals surface area contributed by atoms with E-state index in [1.807, 2.05) is 0 Å². The van der Waals surface area contributed by atoms with Gasteiger partial charge in [-0.05, 0) is 12.8 Å². The molecule has 0 rings (SSSR count). The summed E-state index contributed by atoms with van der Waals surface area (Å²) in [5.74, 6) is 0. The Morgan fingerprint density at radius 1 is 1.25 bits per heavy atom. The largest absolute Gasteiger partial charge is 1.00 e. The molecule has 46 valence electrons. The first kappa shape index (κ1) is 12.1. The van der Waals surface area contributed by atoms with Crippen molar-refractivity contribution < 1.29 is 36.1 Å². The Balaban J connectivity index is -0.000000180. The number of aliphatic hydroxyl groups excluding tert-OH is 1. The predicted octanol–water partition coefficient (Wildman–Crippen LogP) is -1.34. The molecule has 0 saturated heterocycles. The number of aliphatic hydroxyl groups is 1. The van der Waals surface area contributed by atoms with E-state index in [4.69, 9.17) is 5.11 Å². The summed E-state index contributed by atoms with van der Waals surface area (Å²) in [6.45, 7) is 0.340. The van der Waals surface area contributed by atoms with Gasteiger partial charge in [0.1, 0.15) is 0 Å². The molecule has 0 amide bonds. The first-order chi connectivity index (χ1) is 3.41. The summed E-state index contributed by atoms with van der Waals surface area (Å²) < 4.78 is 0. The molecule has 0 aliphatic carbocycles. The van der Waals surface area contributed by atoms with E-state index in [0.29, 0.717) is 6.61 Å². The van der Waals surface area contributed by atoms with Crippen LogP contribution in [0.5, 0.6) is 0 Å². The van der Waals surface area contributed by atoms with Crippen molar-refractivity contribution in [2.75, 3.05) is 11.9 Å². The third-order valence-corrected chi connectivity index (χ3v) is 1.35. The van der Waals surface area contributed by atoms with Crippen molar-refractivity contribution in [1.82, 2.24) is 0 Å². The van der Waals surface area contributed by atoms with Gasteiger partial charge in [0.2, 0.25) is 0 Å². The van der Waals surface area contributed by atoms with Crippen LogP contribution in [0, 0.1) is 0 Å². The van der Waals surface area contributed by atoms with Crippen molar-refractivity contribution in [2.24, 2.45) is 0 Å². The van der Waals surface area contributed by atoms with Crippen molar-refractivity contribution in [2.45, 2.75) is 19.3 Å². The van der Waals surface area contributed by atoms with Gasteiger partial charge in [-0.1, -0.05) is 22.4 Å². The molecule has 0 saturated carbocycles. The Bertz CT molecular complexity index is 36.1. The van der Waals surface area contributed by atoms with Crippen LogP contribution < -0.4 is 29.6 Å². The Hall–Kier alpha value is 1.44. The van der Waals surface area contributed by atoms with Gasteiger partial charge in [0.25, 0.3) is 0 Å². The van der Waals surface area contributed by atoms with E-state index >= 15 is 0 Å². The number of hydrogen-bond acceptors (Lipinski definition) is 1. The summed E-state index contributed by atoms with van der Waals surface area (Å²) in [6.07, 6.45) is 3.27. The molecule has 0 aromatic carbocycles. The van der Waals surface area contributed by atoms with Crippen LogP contribution >= 0.6 is 15.9 Å². The second-order valence-corrected chi connectivity index (χ2v) is 2.27. The third-order valence-electron chi connectivity index (χ3n) is 0.792. The van der Waals surface area contributed by atoms with Crippen LogP contribution in [0.3, 0.4) is 0 Å². The molecule has 3 heteroatoms. The molecule has 8 heavy (non-hydrogen) atoms. The van der Waals surface area contributed by atoms with E-state index < -0.39 is 0 Å².